The van der Waals surface area contributed by atoms with Crippen molar-refractivity contribution >= 4 is 11.8 Å². The fraction of sp³-hybridized carbons (Fsp3) is 0.357. The molecule has 2 atom stereocenters. The fourth-order valence-electron chi connectivity index (χ4n) is 2.21. The van der Waals surface area contributed by atoms with Crippen LogP contribution in [-0.2, 0) is 9.59 Å². The summed E-state index contributed by atoms with van der Waals surface area (Å²) in [6, 6.07) is 3.32. The first kappa shape index (κ1) is 14.9. The smallest absolute Gasteiger partial charge is 0.226 e. The van der Waals surface area contributed by atoms with E-state index in [0.717, 1.165) is 12.1 Å². The zero-order valence-electron chi connectivity index (χ0n) is 11.3. The maximum Gasteiger partial charge on any atom is 0.226 e. The van der Waals surface area contributed by atoms with E-state index in [9.17, 15) is 18.4 Å². The molecule has 0 aromatic heterocycles. The molecule has 5 nitrogen and oxygen atoms in total. The Labute approximate surface area is 120 Å². The van der Waals surface area contributed by atoms with Crippen LogP contribution in [0.25, 0.3) is 0 Å². The van der Waals surface area contributed by atoms with Gasteiger partial charge >= 0.3 is 0 Å². The van der Waals surface area contributed by atoms with E-state index in [-0.39, 0.29) is 24.4 Å². The second-order valence-corrected chi connectivity index (χ2v) is 4.91. The first-order chi connectivity index (χ1) is 9.92. The molecule has 0 unspecified atom stereocenters. The summed E-state index contributed by atoms with van der Waals surface area (Å²) in [6.07, 6.45) is 0.0619. The number of benzene rings is 1. The summed E-state index contributed by atoms with van der Waals surface area (Å²) in [6.45, 7) is 0.259. The molecule has 0 spiro atoms. The number of rotatable bonds is 3. The molecule has 1 aliphatic heterocycles. The summed E-state index contributed by atoms with van der Waals surface area (Å²) >= 11 is 0. The van der Waals surface area contributed by atoms with E-state index < -0.39 is 29.5 Å². The van der Waals surface area contributed by atoms with Gasteiger partial charge in [0, 0.05) is 31.6 Å². The molecule has 1 heterocycles. The summed E-state index contributed by atoms with van der Waals surface area (Å²) in [5, 5.41) is 11.5. The van der Waals surface area contributed by atoms with Gasteiger partial charge in [-0.3, -0.25) is 9.59 Å². The molecule has 1 saturated heterocycles. The van der Waals surface area contributed by atoms with E-state index in [1.165, 1.54) is 4.90 Å². The Hall–Kier alpha value is -2.49. The lowest BCUT2D eigenvalue weighted by atomic mass is 10.0. The van der Waals surface area contributed by atoms with Crippen LogP contribution < -0.4 is 5.32 Å². The quantitative estimate of drug-likeness (QED) is 0.907. The molecule has 7 heteroatoms. The van der Waals surface area contributed by atoms with E-state index in [1.807, 2.05) is 0 Å². The van der Waals surface area contributed by atoms with Crippen LogP contribution in [0.15, 0.2) is 18.2 Å². The van der Waals surface area contributed by atoms with Gasteiger partial charge in [0.05, 0.1) is 12.0 Å². The topological polar surface area (TPSA) is 73.2 Å². The SMILES string of the molecule is CN1C[C@H](C(=O)N[C@H](C#N)c2ccc(F)cc2F)CC1=O. The fourth-order valence-corrected chi connectivity index (χ4v) is 2.21. The van der Waals surface area contributed by atoms with Gasteiger partial charge in [0.25, 0.3) is 0 Å². The second kappa shape index (κ2) is 5.87. The Bertz CT molecular complexity index is 627. The highest BCUT2D eigenvalue weighted by molar-refractivity contribution is 5.89. The summed E-state index contributed by atoms with van der Waals surface area (Å²) in [4.78, 5) is 24.8. The molecule has 0 aliphatic carbocycles. The summed E-state index contributed by atoms with van der Waals surface area (Å²) in [5.74, 6) is -2.88. The maximum absolute atomic E-state index is 13.6. The minimum Gasteiger partial charge on any atom is -0.345 e. The summed E-state index contributed by atoms with van der Waals surface area (Å²) < 4.78 is 26.5. The highest BCUT2D eigenvalue weighted by Gasteiger charge is 2.33. The van der Waals surface area contributed by atoms with Crippen LogP contribution in [-0.4, -0.2) is 30.3 Å². The van der Waals surface area contributed by atoms with Crippen LogP contribution in [0.4, 0.5) is 8.78 Å². The number of nitrogens with zero attached hydrogens (tertiary/aromatic N) is 2. The number of carbonyl (C=O) groups excluding carboxylic acids is 2. The van der Waals surface area contributed by atoms with E-state index >= 15 is 0 Å². The largest absolute Gasteiger partial charge is 0.345 e. The summed E-state index contributed by atoms with van der Waals surface area (Å²) in [7, 11) is 1.58. The molecule has 1 aliphatic rings. The number of carbonyl (C=O) groups is 2. The predicted octanol–water partition coefficient (Wildman–Crippen LogP) is 1.12. The molecule has 0 bridgehead atoms. The van der Waals surface area contributed by atoms with E-state index in [0.29, 0.717) is 6.07 Å². The van der Waals surface area contributed by atoms with E-state index in [4.69, 9.17) is 5.26 Å². The second-order valence-electron chi connectivity index (χ2n) is 4.91. The number of likely N-dealkylation sites (tertiary alicyclic amines) is 1. The zero-order chi connectivity index (χ0) is 15.6. The normalized spacial score (nSPS) is 19.2. The van der Waals surface area contributed by atoms with Crippen LogP contribution >= 0.6 is 0 Å². The molecule has 110 valence electrons. The molecule has 2 rings (SSSR count). The number of nitriles is 1. The molecule has 1 aromatic rings. The van der Waals surface area contributed by atoms with Gasteiger partial charge in [-0.15, -0.1) is 0 Å². The van der Waals surface area contributed by atoms with Gasteiger partial charge in [-0.05, 0) is 6.07 Å². The number of hydrogen-bond acceptors (Lipinski definition) is 3. The van der Waals surface area contributed by atoms with Gasteiger partial charge in [-0.1, -0.05) is 6.07 Å². The number of halogens is 2. The zero-order valence-corrected chi connectivity index (χ0v) is 11.3. The van der Waals surface area contributed by atoms with Crippen LogP contribution in [0.1, 0.15) is 18.0 Å². The van der Waals surface area contributed by atoms with Gasteiger partial charge in [0.15, 0.2) is 0 Å². The third-order valence-electron chi connectivity index (χ3n) is 3.40. The molecular weight excluding hydrogens is 280 g/mol. The van der Waals surface area contributed by atoms with Crippen LogP contribution in [0, 0.1) is 28.9 Å². The minimum atomic E-state index is -1.22. The number of amides is 2. The molecule has 21 heavy (non-hydrogen) atoms. The minimum absolute atomic E-state index is 0.0619. The first-order valence-electron chi connectivity index (χ1n) is 6.31. The monoisotopic (exact) mass is 293 g/mol. The molecule has 1 aromatic carbocycles. The molecule has 0 saturated carbocycles. The van der Waals surface area contributed by atoms with Crippen molar-refractivity contribution in [2.75, 3.05) is 13.6 Å². The van der Waals surface area contributed by atoms with E-state index in [2.05, 4.69) is 5.32 Å². The molecule has 2 amide bonds. The van der Waals surface area contributed by atoms with Crippen molar-refractivity contribution in [3.63, 3.8) is 0 Å². The Morgan fingerprint density at radius 3 is 2.76 bits per heavy atom. The van der Waals surface area contributed by atoms with Crippen molar-refractivity contribution in [2.45, 2.75) is 12.5 Å². The highest BCUT2D eigenvalue weighted by atomic mass is 19.1. The van der Waals surface area contributed by atoms with Crippen molar-refractivity contribution in [1.82, 2.24) is 10.2 Å². The Balaban J connectivity index is 2.11. The van der Waals surface area contributed by atoms with Gasteiger partial charge in [-0.2, -0.15) is 5.26 Å². The van der Waals surface area contributed by atoms with Gasteiger partial charge in [-0.25, -0.2) is 8.78 Å². The molecular formula is C14H13F2N3O2. The standard InChI is InChI=1S/C14H13F2N3O2/c1-19-7-8(4-13(19)20)14(21)18-12(6-17)10-3-2-9(15)5-11(10)16/h2-3,5,8,12H,4,7H2,1H3,(H,18,21)/t8-,12-/m1/s1. The third kappa shape index (κ3) is 3.16. The van der Waals surface area contributed by atoms with E-state index in [1.54, 1.807) is 13.1 Å². The lowest BCUT2D eigenvalue weighted by Crippen LogP contribution is -2.35. The summed E-state index contributed by atoms with van der Waals surface area (Å²) in [5.41, 5.74) is -0.107. The van der Waals surface area contributed by atoms with Crippen molar-refractivity contribution in [3.8, 4) is 6.07 Å². The van der Waals surface area contributed by atoms with Crippen LogP contribution in [0.5, 0.6) is 0 Å². The van der Waals surface area contributed by atoms with Crippen LogP contribution in [0.2, 0.25) is 0 Å². The maximum atomic E-state index is 13.6. The lowest BCUT2D eigenvalue weighted by Gasteiger charge is -2.16. The Morgan fingerprint density at radius 2 is 2.24 bits per heavy atom. The van der Waals surface area contributed by atoms with Crippen molar-refractivity contribution < 1.29 is 18.4 Å². The Kier molecular flexibility index (Phi) is 4.17. The predicted molar refractivity (Wildman–Crippen MR) is 68.6 cm³/mol. The van der Waals surface area contributed by atoms with Gasteiger partial charge in [0.2, 0.25) is 11.8 Å². The van der Waals surface area contributed by atoms with Crippen molar-refractivity contribution in [3.05, 3.63) is 35.4 Å². The van der Waals surface area contributed by atoms with Gasteiger partial charge < -0.3 is 10.2 Å². The number of nitrogens with one attached hydrogen (secondary N) is 1. The Morgan fingerprint density at radius 1 is 1.52 bits per heavy atom. The first-order valence-corrected chi connectivity index (χ1v) is 6.31. The average Bonchev–Trinajstić information content (AvgIpc) is 2.76. The molecule has 0 radical (unpaired) electrons. The lowest BCUT2D eigenvalue weighted by molar-refractivity contribution is -0.128. The third-order valence-corrected chi connectivity index (χ3v) is 3.40. The average molecular weight is 293 g/mol. The molecule has 1 N–H and O–H groups in total. The highest BCUT2D eigenvalue weighted by Crippen LogP contribution is 2.21. The van der Waals surface area contributed by atoms with Crippen molar-refractivity contribution in [2.24, 2.45) is 5.92 Å². The van der Waals surface area contributed by atoms with Gasteiger partial charge in [0.1, 0.15) is 17.7 Å². The molecule has 1 fully saturated rings. The number of hydrogen-bond donors (Lipinski definition) is 1. The van der Waals surface area contributed by atoms with Crippen molar-refractivity contribution in [1.29, 1.82) is 5.26 Å². The van der Waals surface area contributed by atoms with Crippen LogP contribution in [0.3, 0.4) is 0 Å².